The molecule has 0 bridgehead atoms. The molecule has 1 heterocycles. The Kier molecular flexibility index (Phi) is 3.57. The monoisotopic (exact) mass is 352 g/mol. The van der Waals surface area contributed by atoms with Crippen molar-refractivity contribution in [3.63, 3.8) is 0 Å². The number of carbonyl (C=O) groups is 1. The Bertz CT molecular complexity index is 1110. The molecule has 0 spiro atoms. The van der Waals surface area contributed by atoms with Crippen LogP contribution in [0.4, 0.5) is 10.1 Å². The summed E-state index contributed by atoms with van der Waals surface area (Å²) < 4.78 is 16.6. The number of aromatic nitrogens is 1. The summed E-state index contributed by atoms with van der Waals surface area (Å²) >= 11 is 0. The molecule has 2 aromatic carbocycles. The highest BCUT2D eigenvalue weighted by Gasteiger charge is 2.29. The number of nitrogens with zero attached hydrogens (tertiary/aromatic N) is 1. The van der Waals surface area contributed by atoms with E-state index in [2.05, 4.69) is 0 Å². The number of anilines is 1. The highest BCUT2D eigenvalue weighted by Crippen LogP contribution is 2.41. The van der Waals surface area contributed by atoms with E-state index in [9.17, 15) is 19.1 Å². The maximum Gasteiger partial charge on any atom is 0.341 e. The maximum absolute atomic E-state index is 14.9. The molecule has 1 fully saturated rings. The predicted molar refractivity (Wildman–Crippen MR) is 98.0 cm³/mol. The number of benzene rings is 2. The largest absolute Gasteiger partial charge is 0.477 e. The lowest BCUT2D eigenvalue weighted by Gasteiger charge is -2.17. The van der Waals surface area contributed by atoms with Crippen molar-refractivity contribution in [3.8, 4) is 11.1 Å². The zero-order valence-corrected chi connectivity index (χ0v) is 14.1. The van der Waals surface area contributed by atoms with Gasteiger partial charge in [-0.2, -0.15) is 0 Å². The van der Waals surface area contributed by atoms with Crippen LogP contribution in [0.2, 0.25) is 0 Å². The summed E-state index contributed by atoms with van der Waals surface area (Å²) in [5, 5.41) is 9.31. The van der Waals surface area contributed by atoms with Crippen molar-refractivity contribution in [3.05, 3.63) is 63.7 Å². The van der Waals surface area contributed by atoms with Crippen LogP contribution >= 0.6 is 0 Å². The van der Waals surface area contributed by atoms with Crippen LogP contribution in [0.1, 0.15) is 34.8 Å². The number of hydrogen-bond donors (Lipinski definition) is 2. The number of rotatable bonds is 3. The molecule has 5 nitrogen and oxygen atoms in total. The van der Waals surface area contributed by atoms with Crippen LogP contribution in [-0.4, -0.2) is 15.6 Å². The molecule has 1 aromatic heterocycles. The smallest absolute Gasteiger partial charge is 0.341 e. The number of hydrogen-bond acceptors (Lipinski definition) is 3. The summed E-state index contributed by atoms with van der Waals surface area (Å²) in [6.45, 7) is 1.93. The standard InChI is InChI=1S/C20H17FN2O3/c1-10-2-4-11(5-3-10)16-15(21)8-13-18(17(16)22)23(12-6-7-12)9-14(19(13)24)20(25)26/h2-5,8-9,12H,6-7,22H2,1H3,(H,25,26). The van der Waals surface area contributed by atoms with Crippen molar-refractivity contribution < 1.29 is 14.3 Å². The zero-order chi connectivity index (χ0) is 18.6. The van der Waals surface area contributed by atoms with Gasteiger partial charge in [-0.3, -0.25) is 4.79 Å². The number of carboxylic acids is 1. The van der Waals surface area contributed by atoms with Crippen molar-refractivity contribution in [2.24, 2.45) is 0 Å². The zero-order valence-electron chi connectivity index (χ0n) is 14.1. The third kappa shape index (κ3) is 2.45. The Balaban J connectivity index is 2.10. The minimum atomic E-state index is -1.33. The molecule has 1 saturated carbocycles. The topological polar surface area (TPSA) is 85.3 Å². The van der Waals surface area contributed by atoms with Gasteiger partial charge in [-0.15, -0.1) is 0 Å². The summed E-state index contributed by atoms with van der Waals surface area (Å²) in [5.74, 6) is -1.96. The number of halogens is 1. The van der Waals surface area contributed by atoms with Crippen molar-refractivity contribution in [2.75, 3.05) is 5.73 Å². The van der Waals surface area contributed by atoms with Gasteiger partial charge >= 0.3 is 5.97 Å². The van der Waals surface area contributed by atoms with Crippen LogP contribution in [0.25, 0.3) is 22.0 Å². The first kappa shape index (κ1) is 16.3. The second-order valence-corrected chi connectivity index (χ2v) is 6.72. The molecule has 0 aliphatic heterocycles. The molecule has 6 heteroatoms. The predicted octanol–water partition coefficient (Wildman–Crippen LogP) is 3.73. The highest BCUT2D eigenvalue weighted by molar-refractivity contribution is 6.01. The van der Waals surface area contributed by atoms with Gasteiger partial charge in [0.25, 0.3) is 0 Å². The average molecular weight is 352 g/mol. The van der Waals surface area contributed by atoms with Gasteiger partial charge < -0.3 is 15.4 Å². The van der Waals surface area contributed by atoms with Gasteiger partial charge in [0.2, 0.25) is 5.43 Å². The fraction of sp³-hybridized carbons (Fsp3) is 0.200. The van der Waals surface area contributed by atoms with Gasteiger partial charge in [0.15, 0.2) is 0 Å². The number of nitrogen functional groups attached to an aromatic ring is 1. The van der Waals surface area contributed by atoms with E-state index in [4.69, 9.17) is 5.73 Å². The molecule has 132 valence electrons. The van der Waals surface area contributed by atoms with Crippen molar-refractivity contribution >= 4 is 22.6 Å². The average Bonchev–Trinajstić information content (AvgIpc) is 3.42. The van der Waals surface area contributed by atoms with Crippen LogP contribution in [0, 0.1) is 12.7 Å². The molecule has 3 aromatic rings. The minimum Gasteiger partial charge on any atom is -0.477 e. The minimum absolute atomic E-state index is 0.00246. The lowest BCUT2D eigenvalue weighted by molar-refractivity contribution is 0.0695. The molecular formula is C20H17FN2O3. The molecular weight excluding hydrogens is 335 g/mol. The number of aromatic carboxylic acids is 1. The molecule has 3 N–H and O–H groups in total. The summed E-state index contributed by atoms with van der Waals surface area (Å²) in [5.41, 5.74) is 7.66. The van der Waals surface area contributed by atoms with E-state index in [1.165, 1.54) is 6.20 Å². The van der Waals surface area contributed by atoms with E-state index in [0.717, 1.165) is 24.5 Å². The first-order valence-corrected chi connectivity index (χ1v) is 8.35. The van der Waals surface area contributed by atoms with Crippen molar-refractivity contribution in [1.82, 2.24) is 4.57 Å². The van der Waals surface area contributed by atoms with Crippen molar-refractivity contribution in [2.45, 2.75) is 25.8 Å². The van der Waals surface area contributed by atoms with E-state index in [1.807, 2.05) is 19.1 Å². The summed E-state index contributed by atoms with van der Waals surface area (Å²) in [6.07, 6.45) is 3.07. The van der Waals surface area contributed by atoms with E-state index >= 15 is 0 Å². The Morgan fingerprint density at radius 1 is 1.27 bits per heavy atom. The van der Waals surface area contributed by atoms with Gasteiger partial charge in [0.1, 0.15) is 11.4 Å². The van der Waals surface area contributed by atoms with E-state index in [1.54, 1.807) is 16.7 Å². The summed E-state index contributed by atoms with van der Waals surface area (Å²) in [7, 11) is 0. The van der Waals surface area contributed by atoms with E-state index in [0.29, 0.717) is 11.1 Å². The SMILES string of the molecule is Cc1ccc(-c2c(F)cc3c(=O)c(C(=O)O)cn(C4CC4)c3c2N)cc1. The maximum atomic E-state index is 14.9. The lowest BCUT2D eigenvalue weighted by Crippen LogP contribution is -2.20. The number of nitrogens with two attached hydrogens (primary N) is 1. The van der Waals surface area contributed by atoms with Gasteiger partial charge in [0, 0.05) is 17.8 Å². The molecule has 26 heavy (non-hydrogen) atoms. The van der Waals surface area contributed by atoms with Crippen LogP contribution in [0.15, 0.2) is 41.3 Å². The molecule has 0 saturated heterocycles. The van der Waals surface area contributed by atoms with Gasteiger partial charge in [-0.1, -0.05) is 29.8 Å². The second kappa shape index (κ2) is 5.69. The number of aryl methyl sites for hydroxylation is 1. The normalized spacial score (nSPS) is 13.9. The van der Waals surface area contributed by atoms with Crippen LogP contribution < -0.4 is 11.2 Å². The third-order valence-corrected chi connectivity index (χ3v) is 4.82. The lowest BCUT2D eigenvalue weighted by atomic mass is 9.98. The van der Waals surface area contributed by atoms with Crippen LogP contribution in [0.3, 0.4) is 0 Å². The van der Waals surface area contributed by atoms with Gasteiger partial charge in [-0.05, 0) is 31.4 Å². The molecule has 4 rings (SSSR count). The fourth-order valence-corrected chi connectivity index (χ4v) is 3.32. The van der Waals surface area contributed by atoms with Crippen LogP contribution in [0.5, 0.6) is 0 Å². The summed E-state index contributed by atoms with van der Waals surface area (Å²) in [6, 6.07) is 8.46. The van der Waals surface area contributed by atoms with Crippen LogP contribution in [-0.2, 0) is 0 Å². The molecule has 1 aliphatic carbocycles. The molecule has 0 unspecified atom stereocenters. The molecule has 0 amide bonds. The Labute approximate surface area is 148 Å². The third-order valence-electron chi connectivity index (χ3n) is 4.82. The highest BCUT2D eigenvalue weighted by atomic mass is 19.1. The van der Waals surface area contributed by atoms with Crippen molar-refractivity contribution in [1.29, 1.82) is 0 Å². The number of fused-ring (bicyclic) bond motifs is 1. The Hall–Kier alpha value is -3.15. The fourth-order valence-electron chi connectivity index (χ4n) is 3.32. The van der Waals surface area contributed by atoms with E-state index in [-0.39, 0.29) is 28.2 Å². The van der Waals surface area contributed by atoms with Gasteiger partial charge in [0.05, 0.1) is 16.6 Å². The quantitative estimate of drug-likeness (QED) is 0.703. The Morgan fingerprint density at radius 2 is 1.92 bits per heavy atom. The first-order chi connectivity index (χ1) is 12.4. The molecule has 1 aliphatic rings. The number of pyridine rings is 1. The summed E-state index contributed by atoms with van der Waals surface area (Å²) in [4.78, 5) is 24.0. The molecule has 0 radical (unpaired) electrons. The Morgan fingerprint density at radius 3 is 2.50 bits per heavy atom. The first-order valence-electron chi connectivity index (χ1n) is 8.35. The number of carboxylic acid groups (broad SMARTS) is 1. The van der Waals surface area contributed by atoms with E-state index < -0.39 is 17.2 Å². The molecule has 0 atom stereocenters. The van der Waals surface area contributed by atoms with Gasteiger partial charge in [-0.25, -0.2) is 9.18 Å². The second-order valence-electron chi connectivity index (χ2n) is 6.72.